The van der Waals surface area contributed by atoms with Crippen molar-refractivity contribution in [1.82, 2.24) is 15.2 Å². The van der Waals surface area contributed by atoms with Crippen molar-refractivity contribution in [2.75, 3.05) is 26.3 Å². The summed E-state index contributed by atoms with van der Waals surface area (Å²) in [6, 6.07) is 11.0. The van der Waals surface area contributed by atoms with Gasteiger partial charge < -0.3 is 9.47 Å². The van der Waals surface area contributed by atoms with Gasteiger partial charge in [0.05, 0.1) is 11.3 Å². The summed E-state index contributed by atoms with van der Waals surface area (Å²) in [6.45, 7) is 1.90. The molecule has 31 heavy (non-hydrogen) atoms. The largest absolute Gasteiger partial charge is 0.486 e. The molecule has 2 aliphatic rings. The maximum absolute atomic E-state index is 12.7. The highest BCUT2D eigenvalue weighted by Crippen LogP contribution is 2.30. The highest BCUT2D eigenvalue weighted by Gasteiger charge is 2.27. The minimum absolute atomic E-state index is 0.0281. The Kier molecular flexibility index (Phi) is 6.10. The van der Waals surface area contributed by atoms with Crippen LogP contribution in [0.3, 0.4) is 0 Å². The second-order valence-electron chi connectivity index (χ2n) is 7.30. The van der Waals surface area contributed by atoms with Gasteiger partial charge in [-0.3, -0.25) is 20.4 Å². The van der Waals surface area contributed by atoms with E-state index in [1.54, 1.807) is 18.2 Å². The van der Waals surface area contributed by atoms with Crippen LogP contribution >= 0.6 is 0 Å². The maximum Gasteiger partial charge on any atom is 0.269 e. The summed E-state index contributed by atoms with van der Waals surface area (Å²) in [6.07, 6.45) is 1.68. The van der Waals surface area contributed by atoms with Crippen LogP contribution in [0.15, 0.2) is 47.4 Å². The lowest BCUT2D eigenvalue weighted by Gasteiger charge is -2.18. The standard InChI is InChI=1S/C21H23N3O6S/c25-20(13-15-6-7-18-19(12-15)30-11-10-29-18)22-23-21(26)16-4-3-5-17(14-16)31(27,28)24-8-1-2-9-24/h3-7,12,14H,1-2,8-11,13H2,(H,22,25)(H,23,26). The summed E-state index contributed by atoms with van der Waals surface area (Å²) in [5.74, 6) is 0.184. The van der Waals surface area contributed by atoms with Crippen LogP contribution in [-0.2, 0) is 21.2 Å². The van der Waals surface area contributed by atoms with Crippen LogP contribution < -0.4 is 20.3 Å². The molecular weight excluding hydrogens is 422 g/mol. The molecule has 0 aromatic heterocycles. The Balaban J connectivity index is 1.36. The molecule has 0 saturated carbocycles. The van der Waals surface area contributed by atoms with Crippen molar-refractivity contribution < 1.29 is 27.5 Å². The summed E-state index contributed by atoms with van der Waals surface area (Å²) in [5.41, 5.74) is 5.52. The van der Waals surface area contributed by atoms with Gasteiger partial charge in [0.1, 0.15) is 13.2 Å². The number of fused-ring (bicyclic) bond motifs is 1. The van der Waals surface area contributed by atoms with Crippen molar-refractivity contribution >= 4 is 21.8 Å². The second kappa shape index (κ2) is 8.94. The predicted octanol–water partition coefficient (Wildman–Crippen LogP) is 1.25. The lowest BCUT2D eigenvalue weighted by molar-refractivity contribution is -0.121. The van der Waals surface area contributed by atoms with E-state index in [9.17, 15) is 18.0 Å². The molecule has 2 aliphatic heterocycles. The molecule has 1 saturated heterocycles. The van der Waals surface area contributed by atoms with Gasteiger partial charge in [0.15, 0.2) is 11.5 Å². The van der Waals surface area contributed by atoms with Crippen molar-refractivity contribution in [2.45, 2.75) is 24.2 Å². The van der Waals surface area contributed by atoms with Crippen LogP contribution in [0.5, 0.6) is 11.5 Å². The van der Waals surface area contributed by atoms with E-state index in [-0.39, 0.29) is 16.9 Å². The topological polar surface area (TPSA) is 114 Å². The third kappa shape index (κ3) is 4.80. The van der Waals surface area contributed by atoms with Crippen molar-refractivity contribution in [2.24, 2.45) is 0 Å². The molecule has 0 bridgehead atoms. The quantitative estimate of drug-likeness (QED) is 0.670. The number of hydrogen-bond acceptors (Lipinski definition) is 6. The minimum atomic E-state index is -3.63. The summed E-state index contributed by atoms with van der Waals surface area (Å²) < 4.78 is 37.7. The van der Waals surface area contributed by atoms with E-state index in [1.807, 2.05) is 0 Å². The van der Waals surface area contributed by atoms with Gasteiger partial charge in [-0.15, -0.1) is 0 Å². The molecule has 2 N–H and O–H groups in total. The lowest BCUT2D eigenvalue weighted by atomic mass is 10.1. The van der Waals surface area contributed by atoms with E-state index in [0.29, 0.717) is 43.4 Å². The monoisotopic (exact) mass is 445 g/mol. The highest BCUT2D eigenvalue weighted by atomic mass is 32.2. The molecule has 0 spiro atoms. The zero-order valence-corrected chi connectivity index (χ0v) is 17.6. The molecule has 2 aromatic rings. The average molecular weight is 445 g/mol. The SMILES string of the molecule is O=C(Cc1ccc2c(c1)OCCO2)NNC(=O)c1cccc(S(=O)(=O)N2CCCC2)c1. The molecule has 9 nitrogen and oxygen atoms in total. The van der Waals surface area contributed by atoms with Crippen LogP contribution in [0.4, 0.5) is 0 Å². The summed E-state index contributed by atoms with van der Waals surface area (Å²) >= 11 is 0. The number of rotatable bonds is 5. The first-order valence-corrected chi connectivity index (χ1v) is 11.5. The van der Waals surface area contributed by atoms with Crippen molar-refractivity contribution in [3.8, 4) is 11.5 Å². The summed E-state index contributed by atoms with van der Waals surface area (Å²) in [4.78, 5) is 24.7. The molecule has 0 unspecified atom stereocenters. The Morgan fingerprint density at radius 2 is 1.68 bits per heavy atom. The van der Waals surface area contributed by atoms with Gasteiger partial charge in [-0.1, -0.05) is 12.1 Å². The molecule has 2 heterocycles. The first kappa shape index (κ1) is 21.1. The van der Waals surface area contributed by atoms with Crippen molar-refractivity contribution in [3.63, 3.8) is 0 Å². The fourth-order valence-corrected chi connectivity index (χ4v) is 5.06. The van der Waals surface area contributed by atoms with Crippen LogP contribution in [-0.4, -0.2) is 50.8 Å². The molecule has 2 amide bonds. The van der Waals surface area contributed by atoms with E-state index >= 15 is 0 Å². The Labute approximate surface area is 180 Å². The van der Waals surface area contributed by atoms with Gasteiger partial charge in [-0.25, -0.2) is 8.42 Å². The lowest BCUT2D eigenvalue weighted by Crippen LogP contribution is -2.42. The number of carbonyl (C=O) groups excluding carboxylic acids is 2. The fraction of sp³-hybridized carbons (Fsp3) is 0.333. The van der Waals surface area contributed by atoms with Gasteiger partial charge in [0.2, 0.25) is 15.9 Å². The predicted molar refractivity (Wildman–Crippen MR) is 111 cm³/mol. The van der Waals surface area contributed by atoms with Crippen LogP contribution in [0.25, 0.3) is 0 Å². The molecule has 0 aliphatic carbocycles. The first-order chi connectivity index (χ1) is 14.9. The molecule has 0 atom stereocenters. The number of nitrogens with zero attached hydrogens (tertiary/aromatic N) is 1. The van der Waals surface area contributed by atoms with E-state index in [1.165, 1.54) is 28.6 Å². The summed E-state index contributed by atoms with van der Waals surface area (Å²) in [5, 5.41) is 0. The van der Waals surface area contributed by atoms with Gasteiger partial charge in [-0.05, 0) is 48.7 Å². The molecule has 10 heteroatoms. The molecule has 1 fully saturated rings. The number of carbonyl (C=O) groups is 2. The zero-order chi connectivity index (χ0) is 21.8. The van der Waals surface area contributed by atoms with Crippen molar-refractivity contribution in [1.29, 1.82) is 0 Å². The number of sulfonamides is 1. The van der Waals surface area contributed by atoms with Gasteiger partial charge in [0, 0.05) is 18.7 Å². The Bertz CT molecular complexity index is 1100. The number of amides is 2. The van der Waals surface area contributed by atoms with E-state index in [4.69, 9.17) is 9.47 Å². The van der Waals surface area contributed by atoms with Crippen LogP contribution in [0.2, 0.25) is 0 Å². The Hall–Kier alpha value is -3.11. The van der Waals surface area contributed by atoms with Crippen LogP contribution in [0, 0.1) is 0 Å². The van der Waals surface area contributed by atoms with Crippen molar-refractivity contribution in [3.05, 3.63) is 53.6 Å². The molecule has 4 rings (SSSR count). The van der Waals surface area contributed by atoms with Gasteiger partial charge >= 0.3 is 0 Å². The fourth-order valence-electron chi connectivity index (χ4n) is 3.50. The highest BCUT2D eigenvalue weighted by molar-refractivity contribution is 7.89. The molecule has 164 valence electrons. The van der Waals surface area contributed by atoms with Gasteiger partial charge in [-0.2, -0.15) is 4.31 Å². The molecule has 0 radical (unpaired) electrons. The number of benzene rings is 2. The third-order valence-corrected chi connectivity index (χ3v) is 6.98. The zero-order valence-electron chi connectivity index (χ0n) is 16.8. The van der Waals surface area contributed by atoms with Crippen LogP contribution in [0.1, 0.15) is 28.8 Å². The first-order valence-electron chi connectivity index (χ1n) is 10.0. The van der Waals surface area contributed by atoms with E-state index in [0.717, 1.165) is 12.8 Å². The van der Waals surface area contributed by atoms with E-state index < -0.39 is 21.8 Å². The smallest absolute Gasteiger partial charge is 0.269 e. The van der Waals surface area contributed by atoms with E-state index in [2.05, 4.69) is 10.9 Å². The van der Waals surface area contributed by atoms with Gasteiger partial charge in [0.25, 0.3) is 5.91 Å². The Morgan fingerprint density at radius 3 is 2.45 bits per heavy atom. The summed E-state index contributed by atoms with van der Waals surface area (Å²) in [7, 11) is -3.63. The number of nitrogens with one attached hydrogen (secondary N) is 2. The Morgan fingerprint density at radius 1 is 0.935 bits per heavy atom. The maximum atomic E-state index is 12.7. The number of hydrogen-bond donors (Lipinski definition) is 2. The minimum Gasteiger partial charge on any atom is -0.486 e. The number of ether oxygens (including phenoxy) is 2. The third-order valence-electron chi connectivity index (χ3n) is 5.09. The second-order valence-corrected chi connectivity index (χ2v) is 9.23. The number of hydrazine groups is 1. The average Bonchev–Trinajstić information content (AvgIpc) is 3.33. The molecular formula is C21H23N3O6S. The molecule has 2 aromatic carbocycles. The normalized spacial score (nSPS) is 16.0.